The maximum Gasteiger partial charge on any atom is 0.410 e. The van der Waals surface area contributed by atoms with Crippen molar-refractivity contribution in [3.63, 3.8) is 0 Å². The van der Waals surface area contributed by atoms with Gasteiger partial charge in [-0.1, -0.05) is 0 Å². The van der Waals surface area contributed by atoms with E-state index in [-0.39, 0.29) is 23.5 Å². The zero-order chi connectivity index (χ0) is 17.7. The molecule has 1 amide bonds. The number of nitrogens with zero attached hydrogens (tertiary/aromatic N) is 2. The van der Waals surface area contributed by atoms with Gasteiger partial charge in [-0.3, -0.25) is 0 Å². The summed E-state index contributed by atoms with van der Waals surface area (Å²) >= 11 is 0. The number of likely N-dealkylation sites (tertiary alicyclic amines) is 1. The van der Waals surface area contributed by atoms with E-state index in [0.29, 0.717) is 13.0 Å². The minimum absolute atomic E-state index is 0.0697. The fourth-order valence-corrected chi connectivity index (χ4v) is 4.88. The fourth-order valence-electron chi connectivity index (χ4n) is 3.21. The Labute approximate surface area is 141 Å². The summed E-state index contributed by atoms with van der Waals surface area (Å²) in [5, 5.41) is 0. The predicted molar refractivity (Wildman–Crippen MR) is 85.4 cm³/mol. The standard InChI is InChI=1S/C16H21FN2O4S/c1-16(2,3)23-15(20)18-9-13-8-12(18)10-19(13)24(21,22)14-6-4-11(17)5-7-14/h4-7,12-13H,8-10H2,1-3H3. The molecule has 0 N–H and O–H groups in total. The van der Waals surface area contributed by atoms with Gasteiger partial charge in [0.05, 0.1) is 10.9 Å². The van der Waals surface area contributed by atoms with Crippen molar-refractivity contribution in [3.8, 4) is 0 Å². The second-order valence-electron chi connectivity index (χ2n) is 7.20. The number of sulfonamides is 1. The summed E-state index contributed by atoms with van der Waals surface area (Å²) in [5.74, 6) is -0.479. The highest BCUT2D eigenvalue weighted by Crippen LogP contribution is 2.35. The minimum Gasteiger partial charge on any atom is -0.444 e. The van der Waals surface area contributed by atoms with Crippen LogP contribution in [0.15, 0.2) is 29.2 Å². The van der Waals surface area contributed by atoms with Crippen molar-refractivity contribution < 1.29 is 22.3 Å². The molecular weight excluding hydrogens is 335 g/mol. The Balaban J connectivity index is 1.73. The van der Waals surface area contributed by atoms with Crippen molar-refractivity contribution in [2.45, 2.75) is 49.8 Å². The molecule has 2 saturated heterocycles. The molecule has 3 rings (SSSR count). The first-order valence-corrected chi connectivity index (χ1v) is 9.29. The largest absolute Gasteiger partial charge is 0.444 e. The number of carbonyl (C=O) groups excluding carboxylic acids is 1. The van der Waals surface area contributed by atoms with Crippen LogP contribution in [0.1, 0.15) is 27.2 Å². The van der Waals surface area contributed by atoms with Crippen molar-refractivity contribution in [3.05, 3.63) is 30.1 Å². The van der Waals surface area contributed by atoms with Crippen LogP contribution in [0.25, 0.3) is 0 Å². The number of benzene rings is 1. The van der Waals surface area contributed by atoms with Crippen molar-refractivity contribution in [2.75, 3.05) is 13.1 Å². The third-order valence-electron chi connectivity index (χ3n) is 4.24. The monoisotopic (exact) mass is 356 g/mol. The zero-order valence-corrected chi connectivity index (χ0v) is 14.7. The van der Waals surface area contributed by atoms with E-state index in [1.807, 2.05) is 0 Å². The van der Waals surface area contributed by atoms with Crippen molar-refractivity contribution in [1.82, 2.24) is 9.21 Å². The number of ether oxygens (including phenoxy) is 1. The normalized spacial score (nSPS) is 24.4. The van der Waals surface area contributed by atoms with Crippen LogP contribution in [0.4, 0.5) is 9.18 Å². The lowest BCUT2D eigenvalue weighted by atomic mass is 10.2. The molecule has 0 aromatic heterocycles. The molecule has 0 radical (unpaired) electrons. The lowest BCUT2D eigenvalue weighted by Crippen LogP contribution is -2.51. The molecule has 6 nitrogen and oxygen atoms in total. The second-order valence-corrected chi connectivity index (χ2v) is 9.10. The molecule has 0 spiro atoms. The minimum atomic E-state index is -3.68. The number of hydrogen-bond donors (Lipinski definition) is 0. The molecule has 2 bridgehead atoms. The van der Waals surface area contributed by atoms with Crippen LogP contribution in [-0.2, 0) is 14.8 Å². The van der Waals surface area contributed by atoms with Gasteiger partial charge in [0.15, 0.2) is 0 Å². The molecule has 2 aliphatic rings. The van der Waals surface area contributed by atoms with E-state index < -0.39 is 27.5 Å². The van der Waals surface area contributed by atoms with Gasteiger partial charge in [-0.15, -0.1) is 0 Å². The van der Waals surface area contributed by atoms with Crippen LogP contribution in [0.3, 0.4) is 0 Å². The topological polar surface area (TPSA) is 66.9 Å². The van der Waals surface area contributed by atoms with E-state index in [1.54, 1.807) is 25.7 Å². The quantitative estimate of drug-likeness (QED) is 0.815. The van der Waals surface area contributed by atoms with E-state index in [0.717, 1.165) is 12.1 Å². The molecule has 2 fully saturated rings. The molecule has 1 aromatic carbocycles. The number of amides is 1. The Morgan fingerprint density at radius 2 is 1.79 bits per heavy atom. The van der Waals surface area contributed by atoms with Gasteiger partial charge in [0.25, 0.3) is 0 Å². The Bertz CT molecular complexity index is 742. The number of halogens is 1. The first-order valence-electron chi connectivity index (χ1n) is 7.85. The highest BCUT2D eigenvalue weighted by molar-refractivity contribution is 7.89. The molecule has 2 aliphatic heterocycles. The molecule has 2 heterocycles. The Morgan fingerprint density at radius 1 is 1.17 bits per heavy atom. The Morgan fingerprint density at radius 3 is 2.29 bits per heavy atom. The lowest BCUT2D eigenvalue weighted by molar-refractivity contribution is 0.0173. The van der Waals surface area contributed by atoms with E-state index >= 15 is 0 Å². The number of piperazine rings is 1. The summed E-state index contributed by atoms with van der Waals surface area (Å²) in [4.78, 5) is 13.9. The summed E-state index contributed by atoms with van der Waals surface area (Å²) < 4.78 is 45.2. The first-order chi connectivity index (χ1) is 11.1. The van der Waals surface area contributed by atoms with Crippen LogP contribution in [0, 0.1) is 5.82 Å². The van der Waals surface area contributed by atoms with E-state index in [2.05, 4.69) is 0 Å². The summed E-state index contributed by atoms with van der Waals surface area (Å²) in [6, 6.07) is 4.35. The molecule has 24 heavy (non-hydrogen) atoms. The van der Waals surface area contributed by atoms with Gasteiger partial charge in [0.1, 0.15) is 11.4 Å². The van der Waals surface area contributed by atoms with Gasteiger partial charge >= 0.3 is 6.09 Å². The smallest absolute Gasteiger partial charge is 0.410 e. The lowest BCUT2D eigenvalue weighted by Gasteiger charge is -2.34. The number of rotatable bonds is 2. The highest BCUT2D eigenvalue weighted by Gasteiger charge is 2.50. The maximum absolute atomic E-state index is 13.0. The Hall–Kier alpha value is -1.67. The number of hydrogen-bond acceptors (Lipinski definition) is 4. The SMILES string of the molecule is CC(C)(C)OC(=O)N1CC2CC1CN2S(=O)(=O)c1ccc(F)cc1. The first kappa shape index (κ1) is 17.2. The van der Waals surface area contributed by atoms with Crippen LogP contribution in [0.5, 0.6) is 0 Å². The number of fused-ring (bicyclic) bond motifs is 2. The molecule has 2 unspecified atom stereocenters. The molecule has 2 atom stereocenters. The molecule has 0 saturated carbocycles. The maximum atomic E-state index is 13.0. The van der Waals surface area contributed by atoms with Gasteiger partial charge in [0.2, 0.25) is 10.0 Å². The summed E-state index contributed by atoms with van der Waals surface area (Å²) in [6.07, 6.45) is 0.188. The summed E-state index contributed by atoms with van der Waals surface area (Å²) in [6.45, 7) is 5.95. The molecule has 1 aromatic rings. The number of carbonyl (C=O) groups is 1. The summed E-state index contributed by atoms with van der Waals surface area (Å²) in [7, 11) is -3.68. The van der Waals surface area contributed by atoms with Crippen LogP contribution in [0.2, 0.25) is 0 Å². The zero-order valence-electron chi connectivity index (χ0n) is 13.9. The average Bonchev–Trinajstić information content (AvgIpc) is 3.06. The van der Waals surface area contributed by atoms with Gasteiger partial charge in [-0.2, -0.15) is 4.31 Å². The average molecular weight is 356 g/mol. The molecule has 132 valence electrons. The predicted octanol–water partition coefficient (Wildman–Crippen LogP) is 2.21. The van der Waals surface area contributed by atoms with Gasteiger partial charge in [-0.25, -0.2) is 17.6 Å². The van der Waals surface area contributed by atoms with Gasteiger partial charge in [-0.05, 0) is 51.5 Å². The van der Waals surface area contributed by atoms with Crippen molar-refractivity contribution in [2.24, 2.45) is 0 Å². The van der Waals surface area contributed by atoms with Gasteiger partial charge < -0.3 is 9.64 Å². The van der Waals surface area contributed by atoms with Crippen LogP contribution < -0.4 is 0 Å². The third kappa shape index (κ3) is 3.12. The molecular formula is C16H21FN2O4S. The van der Waals surface area contributed by atoms with Crippen molar-refractivity contribution >= 4 is 16.1 Å². The van der Waals surface area contributed by atoms with Crippen LogP contribution >= 0.6 is 0 Å². The Kier molecular flexibility index (Phi) is 4.08. The molecule has 0 aliphatic carbocycles. The van der Waals surface area contributed by atoms with E-state index in [9.17, 15) is 17.6 Å². The van der Waals surface area contributed by atoms with Crippen molar-refractivity contribution in [1.29, 1.82) is 0 Å². The fraction of sp³-hybridized carbons (Fsp3) is 0.562. The van der Waals surface area contributed by atoms with E-state index in [4.69, 9.17) is 4.74 Å². The second kappa shape index (κ2) is 5.70. The summed E-state index contributed by atoms with van der Waals surface area (Å²) in [5.41, 5.74) is -0.585. The van der Waals surface area contributed by atoms with Crippen LogP contribution in [-0.4, -0.2) is 54.5 Å². The molecule has 8 heteroatoms. The highest BCUT2D eigenvalue weighted by atomic mass is 32.2. The van der Waals surface area contributed by atoms with Gasteiger partial charge in [0, 0.05) is 19.1 Å². The van der Waals surface area contributed by atoms with E-state index in [1.165, 1.54) is 16.4 Å². The third-order valence-corrected chi connectivity index (χ3v) is 6.17.